The highest BCUT2D eigenvalue weighted by Gasteiger charge is 2.23. The van der Waals surface area contributed by atoms with Crippen molar-refractivity contribution in [2.45, 2.75) is 77.8 Å². The van der Waals surface area contributed by atoms with Crippen LogP contribution in [-0.4, -0.2) is 44.6 Å². The molecule has 1 saturated carbocycles. The van der Waals surface area contributed by atoms with Gasteiger partial charge in [-0.1, -0.05) is 33.1 Å². The van der Waals surface area contributed by atoms with Crippen molar-refractivity contribution in [2.75, 3.05) is 12.4 Å². The molecule has 2 heterocycles. The van der Waals surface area contributed by atoms with Gasteiger partial charge in [0.2, 0.25) is 0 Å². The van der Waals surface area contributed by atoms with Crippen molar-refractivity contribution in [1.82, 2.24) is 19.7 Å². The van der Waals surface area contributed by atoms with Gasteiger partial charge in [0, 0.05) is 36.1 Å². The number of carbonyl (C=O) groups is 2. The smallest absolute Gasteiger partial charge is 0.256 e. The zero-order valence-corrected chi connectivity index (χ0v) is 20.8. The Kier molecular flexibility index (Phi) is 7.00. The zero-order chi connectivity index (χ0) is 24.4. The van der Waals surface area contributed by atoms with Crippen LogP contribution in [0.15, 0.2) is 36.5 Å². The summed E-state index contributed by atoms with van der Waals surface area (Å²) in [6, 6.07) is 9.46. The molecule has 2 aromatic heterocycles. The number of benzene rings is 1. The standard InChI is InChI=1S/C27H35N5O2/c1-17(2)24-15-22(23-16-28-32(18(3)4)25(23)30-24)26(33)29-20-13-11-19(12-14-20)27(34)31(5)21-9-7-6-8-10-21/h11-18,21H,6-10H2,1-5H3,(H,29,33). The number of rotatable bonds is 6. The fourth-order valence-electron chi connectivity index (χ4n) is 4.63. The first kappa shape index (κ1) is 23.9. The topological polar surface area (TPSA) is 80.1 Å². The molecule has 7 heteroatoms. The number of aromatic nitrogens is 3. The maximum atomic E-state index is 13.3. The molecule has 0 unspecified atom stereocenters. The van der Waals surface area contributed by atoms with Gasteiger partial charge in [-0.05, 0) is 62.9 Å². The first-order chi connectivity index (χ1) is 16.3. The van der Waals surface area contributed by atoms with Crippen molar-refractivity contribution in [1.29, 1.82) is 0 Å². The average Bonchev–Trinajstić information content (AvgIpc) is 3.28. The third-order valence-electron chi connectivity index (χ3n) is 6.74. The quantitative estimate of drug-likeness (QED) is 0.504. The summed E-state index contributed by atoms with van der Waals surface area (Å²) in [7, 11) is 1.90. The molecule has 0 radical (unpaired) electrons. The molecule has 3 aromatic rings. The van der Waals surface area contributed by atoms with Crippen LogP contribution in [0.5, 0.6) is 0 Å². The number of anilines is 1. The van der Waals surface area contributed by atoms with Crippen molar-refractivity contribution < 1.29 is 9.59 Å². The Bertz CT molecular complexity index is 1170. The Hall–Kier alpha value is -3.22. The van der Waals surface area contributed by atoms with E-state index in [2.05, 4.69) is 24.3 Å². The Morgan fingerprint density at radius 2 is 1.74 bits per heavy atom. The van der Waals surface area contributed by atoms with Gasteiger partial charge < -0.3 is 10.2 Å². The molecule has 2 amide bonds. The number of carbonyl (C=O) groups excluding carboxylic acids is 2. The molecule has 34 heavy (non-hydrogen) atoms. The molecule has 0 bridgehead atoms. The zero-order valence-electron chi connectivity index (χ0n) is 20.8. The molecule has 1 aromatic carbocycles. The van der Waals surface area contributed by atoms with Crippen LogP contribution < -0.4 is 5.32 Å². The lowest BCUT2D eigenvalue weighted by atomic mass is 9.94. The molecule has 7 nitrogen and oxygen atoms in total. The fraction of sp³-hybridized carbons (Fsp3) is 0.481. The Morgan fingerprint density at radius 3 is 2.35 bits per heavy atom. The van der Waals surface area contributed by atoms with E-state index >= 15 is 0 Å². The lowest BCUT2D eigenvalue weighted by molar-refractivity contribution is 0.0696. The second kappa shape index (κ2) is 9.95. The van der Waals surface area contributed by atoms with E-state index in [1.54, 1.807) is 30.5 Å². The Balaban J connectivity index is 1.54. The number of fused-ring (bicyclic) bond motifs is 1. The molecular weight excluding hydrogens is 426 g/mol. The molecule has 1 fully saturated rings. The Morgan fingerprint density at radius 1 is 1.06 bits per heavy atom. The molecular formula is C27H35N5O2. The minimum absolute atomic E-state index is 0.0308. The van der Waals surface area contributed by atoms with E-state index in [1.807, 2.05) is 36.5 Å². The number of amides is 2. The molecule has 1 N–H and O–H groups in total. The monoisotopic (exact) mass is 461 g/mol. The van der Waals surface area contributed by atoms with Crippen LogP contribution >= 0.6 is 0 Å². The highest BCUT2D eigenvalue weighted by atomic mass is 16.2. The van der Waals surface area contributed by atoms with Crippen LogP contribution in [0, 0.1) is 0 Å². The maximum Gasteiger partial charge on any atom is 0.256 e. The number of nitrogens with zero attached hydrogens (tertiary/aromatic N) is 4. The lowest BCUT2D eigenvalue weighted by Crippen LogP contribution is -2.38. The molecule has 0 spiro atoms. The largest absolute Gasteiger partial charge is 0.339 e. The third-order valence-corrected chi connectivity index (χ3v) is 6.74. The van der Waals surface area contributed by atoms with E-state index in [1.165, 1.54) is 19.3 Å². The van der Waals surface area contributed by atoms with Crippen molar-refractivity contribution >= 4 is 28.5 Å². The van der Waals surface area contributed by atoms with Gasteiger partial charge in [-0.2, -0.15) is 5.10 Å². The van der Waals surface area contributed by atoms with Gasteiger partial charge in [0.25, 0.3) is 11.8 Å². The van der Waals surface area contributed by atoms with Crippen LogP contribution in [0.25, 0.3) is 11.0 Å². The van der Waals surface area contributed by atoms with Crippen molar-refractivity contribution in [2.24, 2.45) is 0 Å². The van der Waals surface area contributed by atoms with Gasteiger partial charge in [0.1, 0.15) is 0 Å². The van der Waals surface area contributed by atoms with Crippen molar-refractivity contribution in [3.63, 3.8) is 0 Å². The summed E-state index contributed by atoms with van der Waals surface area (Å²) in [5.74, 6) is -0.00258. The molecule has 180 valence electrons. The van der Waals surface area contributed by atoms with E-state index in [9.17, 15) is 9.59 Å². The second-order valence-electron chi connectivity index (χ2n) is 9.91. The minimum Gasteiger partial charge on any atom is -0.339 e. The normalized spacial score (nSPS) is 14.7. The van der Waals surface area contributed by atoms with E-state index in [-0.39, 0.29) is 23.8 Å². The highest BCUT2D eigenvalue weighted by Crippen LogP contribution is 2.26. The summed E-state index contributed by atoms with van der Waals surface area (Å²) in [6.07, 6.45) is 7.48. The number of nitrogens with one attached hydrogen (secondary N) is 1. The van der Waals surface area contributed by atoms with E-state index in [0.717, 1.165) is 29.6 Å². The van der Waals surface area contributed by atoms with Gasteiger partial charge in [-0.3, -0.25) is 9.59 Å². The SMILES string of the molecule is CC(C)c1cc(C(=O)Nc2ccc(C(=O)N(C)C3CCCCC3)cc2)c2cnn(C(C)C)c2n1. The van der Waals surface area contributed by atoms with Gasteiger partial charge in [0.15, 0.2) is 5.65 Å². The fourth-order valence-corrected chi connectivity index (χ4v) is 4.63. The first-order valence-corrected chi connectivity index (χ1v) is 12.3. The first-order valence-electron chi connectivity index (χ1n) is 12.3. The van der Waals surface area contributed by atoms with Crippen LogP contribution in [-0.2, 0) is 0 Å². The van der Waals surface area contributed by atoms with Gasteiger partial charge in [-0.25, -0.2) is 9.67 Å². The van der Waals surface area contributed by atoms with E-state index in [4.69, 9.17) is 4.98 Å². The minimum atomic E-state index is -0.212. The van der Waals surface area contributed by atoms with Crippen molar-refractivity contribution in [3.05, 3.63) is 53.3 Å². The number of hydrogen-bond acceptors (Lipinski definition) is 4. The van der Waals surface area contributed by atoms with Crippen LogP contribution in [0.4, 0.5) is 5.69 Å². The van der Waals surface area contributed by atoms with Gasteiger partial charge >= 0.3 is 0 Å². The summed E-state index contributed by atoms with van der Waals surface area (Å²) in [5.41, 5.74) is 3.41. The van der Waals surface area contributed by atoms with Crippen LogP contribution in [0.1, 0.15) is 98.2 Å². The van der Waals surface area contributed by atoms with Crippen molar-refractivity contribution in [3.8, 4) is 0 Å². The predicted molar refractivity (Wildman–Crippen MR) is 135 cm³/mol. The third kappa shape index (κ3) is 4.83. The molecule has 4 rings (SSSR count). The maximum absolute atomic E-state index is 13.3. The van der Waals surface area contributed by atoms with Crippen LogP contribution in [0.2, 0.25) is 0 Å². The summed E-state index contributed by atoms with van der Waals surface area (Å²) in [4.78, 5) is 32.8. The summed E-state index contributed by atoms with van der Waals surface area (Å²) < 4.78 is 1.85. The lowest BCUT2D eigenvalue weighted by Gasteiger charge is -2.31. The molecule has 0 aliphatic heterocycles. The van der Waals surface area contributed by atoms with E-state index < -0.39 is 0 Å². The predicted octanol–water partition coefficient (Wildman–Crippen LogP) is 5.79. The van der Waals surface area contributed by atoms with Crippen LogP contribution in [0.3, 0.4) is 0 Å². The Labute approximate surface area is 201 Å². The van der Waals surface area contributed by atoms with Gasteiger partial charge in [-0.15, -0.1) is 0 Å². The molecule has 0 saturated heterocycles. The summed E-state index contributed by atoms with van der Waals surface area (Å²) in [6.45, 7) is 8.22. The molecule has 1 aliphatic rings. The average molecular weight is 462 g/mol. The summed E-state index contributed by atoms with van der Waals surface area (Å²) >= 11 is 0. The second-order valence-corrected chi connectivity index (χ2v) is 9.91. The summed E-state index contributed by atoms with van der Waals surface area (Å²) in [5, 5.41) is 8.18. The van der Waals surface area contributed by atoms with E-state index in [0.29, 0.717) is 22.9 Å². The number of hydrogen-bond donors (Lipinski definition) is 1. The molecule has 0 atom stereocenters. The highest BCUT2D eigenvalue weighted by molar-refractivity contribution is 6.12. The van der Waals surface area contributed by atoms with Gasteiger partial charge in [0.05, 0.1) is 17.1 Å². The molecule has 1 aliphatic carbocycles. The number of pyridine rings is 1.